The molecule has 1 N–H and O–H groups in total. The maximum absolute atomic E-state index is 4.30. The fraction of sp³-hybridized carbons (Fsp3) is 0.200. The number of rotatable bonds is 0. The SMILES string of the molecule is c1ncc2ccc3c(c2n1)CCN3. The molecule has 0 saturated carbocycles. The number of hydrogen-bond acceptors (Lipinski definition) is 3. The Labute approximate surface area is 75.8 Å². The molecular weight excluding hydrogens is 162 g/mol. The molecule has 13 heavy (non-hydrogen) atoms. The van der Waals surface area contributed by atoms with Crippen LogP contribution in [0.15, 0.2) is 24.7 Å². The van der Waals surface area contributed by atoms with E-state index in [4.69, 9.17) is 0 Å². The Bertz CT molecular complexity index is 465. The van der Waals surface area contributed by atoms with E-state index in [2.05, 4.69) is 27.4 Å². The van der Waals surface area contributed by atoms with Crippen LogP contribution in [-0.4, -0.2) is 16.5 Å². The molecule has 64 valence electrons. The summed E-state index contributed by atoms with van der Waals surface area (Å²) in [4.78, 5) is 8.31. The average Bonchev–Trinajstić information content (AvgIpc) is 2.65. The zero-order valence-corrected chi connectivity index (χ0v) is 7.12. The van der Waals surface area contributed by atoms with Gasteiger partial charge in [0.2, 0.25) is 0 Å². The number of nitrogens with zero attached hydrogens (tertiary/aromatic N) is 2. The number of aromatic nitrogens is 2. The summed E-state index contributed by atoms with van der Waals surface area (Å²) in [6, 6.07) is 4.17. The number of anilines is 1. The van der Waals surface area contributed by atoms with Crippen molar-refractivity contribution >= 4 is 16.6 Å². The second kappa shape index (κ2) is 2.42. The largest absolute Gasteiger partial charge is 0.384 e. The van der Waals surface area contributed by atoms with E-state index in [0.29, 0.717) is 0 Å². The summed E-state index contributed by atoms with van der Waals surface area (Å²) in [7, 11) is 0. The lowest BCUT2D eigenvalue weighted by Gasteiger charge is -2.02. The van der Waals surface area contributed by atoms with Gasteiger partial charge in [0.05, 0.1) is 5.52 Å². The first kappa shape index (κ1) is 6.83. The van der Waals surface area contributed by atoms with Crippen molar-refractivity contribution in [2.45, 2.75) is 6.42 Å². The highest BCUT2D eigenvalue weighted by atomic mass is 14.9. The topological polar surface area (TPSA) is 37.8 Å². The van der Waals surface area contributed by atoms with Gasteiger partial charge >= 0.3 is 0 Å². The minimum atomic E-state index is 1.03. The minimum absolute atomic E-state index is 1.03. The molecule has 0 spiro atoms. The van der Waals surface area contributed by atoms with Crippen molar-refractivity contribution in [2.75, 3.05) is 11.9 Å². The molecule has 1 aliphatic rings. The first-order valence-electron chi connectivity index (χ1n) is 4.40. The van der Waals surface area contributed by atoms with Crippen LogP contribution >= 0.6 is 0 Å². The van der Waals surface area contributed by atoms with Crippen molar-refractivity contribution < 1.29 is 0 Å². The van der Waals surface area contributed by atoms with Gasteiger partial charge in [-0.25, -0.2) is 9.97 Å². The summed E-state index contributed by atoms with van der Waals surface area (Å²) in [6.07, 6.45) is 4.55. The molecule has 0 fully saturated rings. The summed E-state index contributed by atoms with van der Waals surface area (Å²) in [5.74, 6) is 0. The van der Waals surface area contributed by atoms with Gasteiger partial charge < -0.3 is 5.32 Å². The van der Waals surface area contributed by atoms with Gasteiger partial charge in [0.1, 0.15) is 6.33 Å². The van der Waals surface area contributed by atoms with Crippen molar-refractivity contribution in [2.24, 2.45) is 0 Å². The lowest BCUT2D eigenvalue weighted by molar-refractivity contribution is 1.10. The van der Waals surface area contributed by atoms with E-state index in [0.717, 1.165) is 23.9 Å². The van der Waals surface area contributed by atoms with Crippen molar-refractivity contribution in [3.8, 4) is 0 Å². The quantitative estimate of drug-likeness (QED) is 0.654. The second-order valence-corrected chi connectivity index (χ2v) is 3.23. The molecule has 0 atom stereocenters. The molecule has 0 saturated heterocycles. The van der Waals surface area contributed by atoms with Gasteiger partial charge in [-0.1, -0.05) is 0 Å². The standard InChI is InChI=1S/C10H9N3/c1-2-9-8(3-4-12-9)10-7(1)5-11-6-13-10/h1-2,5-6,12H,3-4H2. The van der Waals surface area contributed by atoms with Crippen LogP contribution in [0, 0.1) is 0 Å². The summed E-state index contributed by atoms with van der Waals surface area (Å²) in [5, 5.41) is 4.46. The minimum Gasteiger partial charge on any atom is -0.384 e. The summed E-state index contributed by atoms with van der Waals surface area (Å²) in [6.45, 7) is 1.03. The first-order chi connectivity index (χ1) is 6.45. The van der Waals surface area contributed by atoms with Gasteiger partial charge in [0.15, 0.2) is 0 Å². The summed E-state index contributed by atoms with van der Waals surface area (Å²) < 4.78 is 0. The van der Waals surface area contributed by atoms with E-state index in [-0.39, 0.29) is 0 Å². The van der Waals surface area contributed by atoms with Crippen LogP contribution in [0.4, 0.5) is 5.69 Å². The average molecular weight is 171 g/mol. The van der Waals surface area contributed by atoms with Crippen molar-refractivity contribution in [3.63, 3.8) is 0 Å². The fourth-order valence-corrected chi connectivity index (χ4v) is 1.86. The number of benzene rings is 1. The molecule has 1 aliphatic heterocycles. The van der Waals surface area contributed by atoms with Crippen LogP contribution in [-0.2, 0) is 6.42 Å². The predicted molar refractivity (Wildman–Crippen MR) is 51.7 cm³/mol. The summed E-state index contributed by atoms with van der Waals surface area (Å²) >= 11 is 0. The van der Waals surface area contributed by atoms with Gasteiger partial charge in [0, 0.05) is 29.4 Å². The van der Waals surface area contributed by atoms with Gasteiger partial charge in [-0.2, -0.15) is 0 Å². The molecular formula is C10H9N3. The van der Waals surface area contributed by atoms with Gasteiger partial charge in [-0.05, 0) is 18.6 Å². The van der Waals surface area contributed by atoms with Crippen LogP contribution in [0.25, 0.3) is 10.9 Å². The van der Waals surface area contributed by atoms with E-state index in [1.807, 2.05) is 6.20 Å². The highest BCUT2D eigenvalue weighted by Crippen LogP contribution is 2.27. The Hall–Kier alpha value is -1.64. The Balaban J connectivity index is 2.43. The highest BCUT2D eigenvalue weighted by Gasteiger charge is 2.13. The maximum Gasteiger partial charge on any atom is 0.116 e. The van der Waals surface area contributed by atoms with Crippen molar-refractivity contribution in [3.05, 3.63) is 30.2 Å². The molecule has 1 aromatic carbocycles. The Morgan fingerprint density at radius 2 is 2.31 bits per heavy atom. The van der Waals surface area contributed by atoms with E-state index in [1.165, 1.54) is 11.3 Å². The van der Waals surface area contributed by atoms with Crippen molar-refractivity contribution in [1.82, 2.24) is 9.97 Å². The fourth-order valence-electron chi connectivity index (χ4n) is 1.86. The third-order valence-electron chi connectivity index (χ3n) is 2.47. The van der Waals surface area contributed by atoms with E-state index >= 15 is 0 Å². The lowest BCUT2D eigenvalue weighted by atomic mass is 10.1. The molecule has 0 unspecified atom stereocenters. The molecule has 3 nitrogen and oxygen atoms in total. The number of nitrogens with one attached hydrogen (secondary N) is 1. The van der Waals surface area contributed by atoms with E-state index in [9.17, 15) is 0 Å². The van der Waals surface area contributed by atoms with E-state index in [1.54, 1.807) is 6.33 Å². The zero-order chi connectivity index (χ0) is 8.67. The maximum atomic E-state index is 4.30. The molecule has 3 heteroatoms. The molecule has 2 aromatic rings. The molecule has 0 radical (unpaired) electrons. The normalized spacial score (nSPS) is 14.2. The van der Waals surface area contributed by atoms with Crippen LogP contribution in [0.3, 0.4) is 0 Å². The Kier molecular flexibility index (Phi) is 1.27. The second-order valence-electron chi connectivity index (χ2n) is 3.23. The smallest absolute Gasteiger partial charge is 0.116 e. The van der Waals surface area contributed by atoms with Crippen LogP contribution in [0.2, 0.25) is 0 Å². The highest BCUT2D eigenvalue weighted by molar-refractivity contribution is 5.87. The van der Waals surface area contributed by atoms with Gasteiger partial charge in [-0.3, -0.25) is 0 Å². The van der Waals surface area contributed by atoms with Gasteiger partial charge in [0.25, 0.3) is 0 Å². The predicted octanol–water partition coefficient (Wildman–Crippen LogP) is 1.60. The first-order valence-corrected chi connectivity index (χ1v) is 4.40. The number of fused-ring (bicyclic) bond motifs is 3. The Morgan fingerprint density at radius 1 is 1.31 bits per heavy atom. The Morgan fingerprint density at radius 3 is 3.31 bits per heavy atom. The lowest BCUT2D eigenvalue weighted by Crippen LogP contribution is -1.90. The zero-order valence-electron chi connectivity index (χ0n) is 7.12. The van der Waals surface area contributed by atoms with Crippen molar-refractivity contribution in [1.29, 1.82) is 0 Å². The van der Waals surface area contributed by atoms with Crippen LogP contribution in [0.5, 0.6) is 0 Å². The molecule has 1 aromatic heterocycles. The molecule has 2 heterocycles. The third kappa shape index (κ3) is 0.900. The van der Waals surface area contributed by atoms with E-state index < -0.39 is 0 Å². The molecule has 0 bridgehead atoms. The van der Waals surface area contributed by atoms with Crippen LogP contribution < -0.4 is 5.32 Å². The van der Waals surface area contributed by atoms with Crippen LogP contribution in [0.1, 0.15) is 5.56 Å². The monoisotopic (exact) mass is 171 g/mol. The summed E-state index contributed by atoms with van der Waals surface area (Å²) in [5.41, 5.74) is 3.66. The number of hydrogen-bond donors (Lipinski definition) is 1. The molecule has 3 rings (SSSR count). The molecule has 0 amide bonds. The molecule has 0 aliphatic carbocycles. The third-order valence-corrected chi connectivity index (χ3v) is 2.47. The van der Waals surface area contributed by atoms with Gasteiger partial charge in [-0.15, -0.1) is 0 Å².